The predicted molar refractivity (Wildman–Crippen MR) is 75.5 cm³/mol. The van der Waals surface area contributed by atoms with Crippen LogP contribution in [0.4, 0.5) is 8.78 Å². The van der Waals surface area contributed by atoms with E-state index in [-0.39, 0.29) is 23.5 Å². The second kappa shape index (κ2) is 6.09. The molecule has 0 N–H and O–H groups in total. The molecular weight excluding hydrogens is 290 g/mol. The molecular formula is C16H14F2N2O2. The van der Waals surface area contributed by atoms with Crippen LogP contribution >= 0.6 is 0 Å². The summed E-state index contributed by atoms with van der Waals surface area (Å²) >= 11 is 0. The summed E-state index contributed by atoms with van der Waals surface area (Å²) in [6, 6.07) is 10.2. The maximum Gasteiger partial charge on any atom is 0.256 e. The molecule has 4 nitrogen and oxygen atoms in total. The van der Waals surface area contributed by atoms with Gasteiger partial charge in [-0.25, -0.2) is 4.39 Å². The Hall–Kier alpha value is -2.50. The van der Waals surface area contributed by atoms with E-state index in [0.717, 1.165) is 0 Å². The van der Waals surface area contributed by atoms with Gasteiger partial charge in [0.1, 0.15) is 11.9 Å². The lowest BCUT2D eigenvalue weighted by Crippen LogP contribution is -2.31. The average molecular weight is 304 g/mol. The Labute approximate surface area is 126 Å². The Balaban J connectivity index is 1.65. The molecule has 1 aromatic heterocycles. The molecule has 1 atom stereocenters. The van der Waals surface area contributed by atoms with Crippen molar-refractivity contribution in [1.82, 2.24) is 9.88 Å². The summed E-state index contributed by atoms with van der Waals surface area (Å²) in [4.78, 5) is 17.4. The number of nitrogens with zero attached hydrogens (tertiary/aromatic N) is 2. The van der Waals surface area contributed by atoms with Crippen molar-refractivity contribution in [3.05, 3.63) is 59.8 Å². The molecule has 1 aromatic carbocycles. The van der Waals surface area contributed by atoms with Crippen LogP contribution in [-0.4, -0.2) is 35.0 Å². The zero-order valence-electron chi connectivity index (χ0n) is 11.7. The Morgan fingerprint density at radius 2 is 2.00 bits per heavy atom. The molecule has 114 valence electrons. The molecule has 6 heteroatoms. The topological polar surface area (TPSA) is 42.4 Å². The fraction of sp³-hybridized carbons (Fsp3) is 0.250. The molecule has 1 saturated heterocycles. The summed E-state index contributed by atoms with van der Waals surface area (Å²) in [5.74, 6) is -1.33. The van der Waals surface area contributed by atoms with Gasteiger partial charge in [0.2, 0.25) is 11.8 Å². The summed E-state index contributed by atoms with van der Waals surface area (Å²) in [6.07, 6.45) is 0.322. The van der Waals surface area contributed by atoms with Crippen LogP contribution in [0.15, 0.2) is 42.5 Å². The van der Waals surface area contributed by atoms with Gasteiger partial charge in [0.25, 0.3) is 5.91 Å². The van der Waals surface area contributed by atoms with Crippen molar-refractivity contribution < 1.29 is 18.3 Å². The lowest BCUT2D eigenvalue weighted by molar-refractivity contribution is 0.0766. The van der Waals surface area contributed by atoms with Crippen LogP contribution in [0.5, 0.6) is 5.88 Å². The third-order valence-electron chi connectivity index (χ3n) is 3.51. The number of pyridine rings is 1. The Kier molecular flexibility index (Phi) is 4.00. The minimum Gasteiger partial charge on any atom is -0.472 e. The van der Waals surface area contributed by atoms with E-state index in [1.165, 1.54) is 35.2 Å². The highest BCUT2D eigenvalue weighted by atomic mass is 19.1. The van der Waals surface area contributed by atoms with Gasteiger partial charge in [0, 0.05) is 19.0 Å². The van der Waals surface area contributed by atoms with Crippen LogP contribution in [0.2, 0.25) is 0 Å². The Bertz CT molecular complexity index is 693. The fourth-order valence-electron chi connectivity index (χ4n) is 2.44. The summed E-state index contributed by atoms with van der Waals surface area (Å²) in [7, 11) is 0. The molecule has 1 amide bonds. The van der Waals surface area contributed by atoms with Gasteiger partial charge in [-0.2, -0.15) is 9.37 Å². The number of hydrogen-bond acceptors (Lipinski definition) is 3. The van der Waals surface area contributed by atoms with Gasteiger partial charge in [0.15, 0.2) is 0 Å². The van der Waals surface area contributed by atoms with Crippen LogP contribution in [0.1, 0.15) is 16.8 Å². The van der Waals surface area contributed by atoms with Gasteiger partial charge < -0.3 is 9.64 Å². The maximum atomic E-state index is 13.7. The number of aromatic nitrogens is 1. The number of ether oxygens (including phenoxy) is 1. The monoisotopic (exact) mass is 304 g/mol. The Morgan fingerprint density at radius 1 is 1.18 bits per heavy atom. The first-order valence-electron chi connectivity index (χ1n) is 6.96. The molecule has 22 heavy (non-hydrogen) atoms. The predicted octanol–water partition coefficient (Wildman–Crippen LogP) is 2.65. The van der Waals surface area contributed by atoms with Crippen LogP contribution < -0.4 is 4.74 Å². The summed E-state index contributed by atoms with van der Waals surface area (Å²) < 4.78 is 32.2. The highest BCUT2D eigenvalue weighted by Gasteiger charge is 2.29. The molecule has 1 fully saturated rings. The second-order valence-corrected chi connectivity index (χ2v) is 5.06. The van der Waals surface area contributed by atoms with Gasteiger partial charge in [0.05, 0.1) is 12.1 Å². The second-order valence-electron chi connectivity index (χ2n) is 5.06. The highest BCUT2D eigenvalue weighted by Crippen LogP contribution is 2.19. The normalized spacial score (nSPS) is 17.5. The van der Waals surface area contributed by atoms with E-state index < -0.39 is 11.8 Å². The first kappa shape index (κ1) is 14.4. The van der Waals surface area contributed by atoms with Crippen molar-refractivity contribution in [3.63, 3.8) is 0 Å². The highest BCUT2D eigenvalue weighted by molar-refractivity contribution is 5.94. The first-order valence-corrected chi connectivity index (χ1v) is 6.96. The smallest absolute Gasteiger partial charge is 0.256 e. The lowest BCUT2D eigenvalue weighted by Gasteiger charge is -2.17. The minimum atomic E-state index is -0.616. The fourth-order valence-corrected chi connectivity index (χ4v) is 2.44. The van der Waals surface area contributed by atoms with Gasteiger partial charge >= 0.3 is 0 Å². The van der Waals surface area contributed by atoms with Crippen LogP contribution in [0.3, 0.4) is 0 Å². The number of hydrogen-bond donors (Lipinski definition) is 0. The number of amides is 1. The van der Waals surface area contributed by atoms with Gasteiger partial charge in [-0.15, -0.1) is 0 Å². The van der Waals surface area contributed by atoms with E-state index in [9.17, 15) is 13.6 Å². The molecule has 0 bridgehead atoms. The Morgan fingerprint density at radius 3 is 2.77 bits per heavy atom. The van der Waals surface area contributed by atoms with E-state index in [1.54, 1.807) is 12.1 Å². The summed E-state index contributed by atoms with van der Waals surface area (Å²) in [6.45, 7) is 0.790. The molecule has 0 spiro atoms. The van der Waals surface area contributed by atoms with Crippen LogP contribution in [-0.2, 0) is 0 Å². The average Bonchev–Trinajstić information content (AvgIpc) is 2.95. The van der Waals surface area contributed by atoms with Gasteiger partial charge in [-0.1, -0.05) is 18.2 Å². The summed E-state index contributed by atoms with van der Waals surface area (Å²) in [5.41, 5.74) is 0.0482. The SMILES string of the molecule is O=C(c1ccccc1F)N1CCC(Oc2cccc(F)n2)C1. The molecule has 1 aliphatic rings. The van der Waals surface area contributed by atoms with E-state index in [0.29, 0.717) is 19.5 Å². The van der Waals surface area contributed by atoms with E-state index >= 15 is 0 Å². The van der Waals surface area contributed by atoms with Crippen molar-refractivity contribution in [2.24, 2.45) is 0 Å². The molecule has 0 aliphatic carbocycles. The van der Waals surface area contributed by atoms with Crippen molar-refractivity contribution in [1.29, 1.82) is 0 Å². The molecule has 1 aliphatic heterocycles. The van der Waals surface area contributed by atoms with E-state index in [2.05, 4.69) is 4.98 Å². The molecule has 0 saturated carbocycles. The number of halogens is 2. The molecule has 2 aromatic rings. The van der Waals surface area contributed by atoms with Crippen molar-refractivity contribution in [2.45, 2.75) is 12.5 Å². The lowest BCUT2D eigenvalue weighted by atomic mass is 10.2. The van der Waals surface area contributed by atoms with Crippen molar-refractivity contribution in [2.75, 3.05) is 13.1 Å². The number of likely N-dealkylation sites (tertiary alicyclic amines) is 1. The van der Waals surface area contributed by atoms with Gasteiger partial charge in [-0.3, -0.25) is 4.79 Å². The van der Waals surface area contributed by atoms with Crippen LogP contribution in [0.25, 0.3) is 0 Å². The maximum absolute atomic E-state index is 13.7. The molecule has 3 rings (SSSR count). The zero-order chi connectivity index (χ0) is 15.5. The summed E-state index contributed by atoms with van der Waals surface area (Å²) in [5, 5.41) is 0. The van der Waals surface area contributed by atoms with E-state index in [1.807, 2.05) is 0 Å². The quantitative estimate of drug-likeness (QED) is 0.819. The third kappa shape index (κ3) is 3.05. The molecule has 0 radical (unpaired) electrons. The largest absolute Gasteiger partial charge is 0.472 e. The van der Waals surface area contributed by atoms with Crippen molar-refractivity contribution >= 4 is 5.91 Å². The van der Waals surface area contributed by atoms with E-state index in [4.69, 9.17) is 4.74 Å². The zero-order valence-corrected chi connectivity index (χ0v) is 11.7. The number of benzene rings is 1. The van der Waals surface area contributed by atoms with Crippen LogP contribution in [0, 0.1) is 11.8 Å². The first-order chi connectivity index (χ1) is 10.6. The third-order valence-corrected chi connectivity index (χ3v) is 3.51. The standard InChI is InChI=1S/C16H14F2N2O2/c17-13-5-2-1-4-12(13)16(21)20-9-8-11(10-20)22-15-7-3-6-14(18)19-15/h1-7,11H,8-10H2. The molecule has 1 unspecified atom stereocenters. The van der Waals surface area contributed by atoms with Gasteiger partial charge in [-0.05, 0) is 18.2 Å². The minimum absolute atomic E-state index is 0.0482. The number of rotatable bonds is 3. The van der Waals surface area contributed by atoms with Crippen molar-refractivity contribution in [3.8, 4) is 5.88 Å². The number of carbonyl (C=O) groups is 1. The molecule has 2 heterocycles. The number of carbonyl (C=O) groups excluding carboxylic acids is 1.